The van der Waals surface area contributed by atoms with Crippen molar-refractivity contribution in [3.63, 3.8) is 0 Å². The lowest BCUT2D eigenvalue weighted by Gasteiger charge is -2.33. The highest BCUT2D eigenvalue weighted by Crippen LogP contribution is 2.43. The monoisotopic (exact) mass is 586 g/mol. The van der Waals surface area contributed by atoms with Gasteiger partial charge < -0.3 is 25.2 Å². The van der Waals surface area contributed by atoms with Crippen LogP contribution in [0.1, 0.15) is 40.4 Å². The number of hydrogen-bond acceptors (Lipinski definition) is 7. The molecule has 0 aliphatic rings. The highest BCUT2D eigenvalue weighted by molar-refractivity contribution is 6.02. The molecule has 0 bridgehead atoms. The molecule has 0 saturated heterocycles. The van der Waals surface area contributed by atoms with E-state index in [0.717, 1.165) is 16.7 Å². The van der Waals surface area contributed by atoms with Gasteiger partial charge in [0.2, 0.25) is 5.91 Å². The summed E-state index contributed by atoms with van der Waals surface area (Å²) in [5.74, 6) is 0.923. The molecule has 44 heavy (non-hydrogen) atoms. The molecule has 8 heteroatoms. The van der Waals surface area contributed by atoms with Crippen molar-refractivity contribution in [3.8, 4) is 11.5 Å². The average Bonchev–Trinajstić information content (AvgIpc) is 3.08. The number of para-hydroxylation sites is 1. The average molecular weight is 587 g/mol. The molecule has 8 nitrogen and oxygen atoms in total. The van der Waals surface area contributed by atoms with Crippen molar-refractivity contribution in [3.05, 3.63) is 150 Å². The fraction of sp³-hybridized carbons (Fsp3) is 0.139. The SMILES string of the molecule is COc1ccc(/C=C/C(=O)Nc2ccccc2[C@@H](Nc2ccccn2)[C@H](c2ccccn2)[C@H](O)c2ccccc2)cc1OC. The minimum absolute atomic E-state index is 0.318. The molecule has 0 spiro atoms. The maximum absolute atomic E-state index is 13.2. The molecule has 0 unspecified atom stereocenters. The number of aliphatic hydroxyl groups excluding tert-OH is 1. The number of aromatic nitrogens is 2. The number of hydrogen-bond donors (Lipinski definition) is 3. The van der Waals surface area contributed by atoms with Gasteiger partial charge in [-0.15, -0.1) is 0 Å². The number of rotatable bonds is 12. The quantitative estimate of drug-likeness (QED) is 0.138. The first-order valence-electron chi connectivity index (χ1n) is 14.2. The van der Waals surface area contributed by atoms with E-state index in [9.17, 15) is 9.90 Å². The second-order valence-electron chi connectivity index (χ2n) is 10.00. The standard InChI is InChI=1S/C36H34N4O4/c1-43-30-20-18-25(24-31(30)44-2)19-21-33(41)39-28-15-7-6-14-27(28)35(40-32-17-9-11-23-38-32)34(29-16-8-10-22-37-29)36(42)26-12-4-3-5-13-26/h3-24,34-36,42H,1-2H3,(H,38,40)(H,39,41)/b21-19+/t34-,35+,36+/m0/s1. The summed E-state index contributed by atoms with van der Waals surface area (Å²) in [4.78, 5) is 22.4. The molecule has 5 aromatic rings. The molecule has 2 heterocycles. The Bertz CT molecular complexity index is 1680. The van der Waals surface area contributed by atoms with Crippen molar-refractivity contribution >= 4 is 23.5 Å². The van der Waals surface area contributed by atoms with E-state index in [0.29, 0.717) is 28.7 Å². The number of nitrogens with zero attached hydrogens (tertiary/aromatic N) is 2. The predicted octanol–water partition coefficient (Wildman–Crippen LogP) is 6.82. The Kier molecular flexibility index (Phi) is 9.97. The second-order valence-corrected chi connectivity index (χ2v) is 10.00. The third kappa shape index (κ3) is 7.29. The number of carbonyl (C=O) groups excluding carboxylic acids is 1. The molecule has 0 radical (unpaired) electrons. The summed E-state index contributed by atoms with van der Waals surface area (Å²) in [6.07, 6.45) is 5.66. The number of aliphatic hydroxyl groups is 1. The smallest absolute Gasteiger partial charge is 0.248 e. The fourth-order valence-corrected chi connectivity index (χ4v) is 5.10. The largest absolute Gasteiger partial charge is 0.493 e. The van der Waals surface area contributed by atoms with Crippen LogP contribution in [-0.4, -0.2) is 35.2 Å². The molecule has 3 N–H and O–H groups in total. The lowest BCUT2D eigenvalue weighted by molar-refractivity contribution is -0.111. The molecular weight excluding hydrogens is 552 g/mol. The Labute approximate surface area is 257 Å². The summed E-state index contributed by atoms with van der Waals surface area (Å²) in [6, 6.07) is 33.2. The summed E-state index contributed by atoms with van der Waals surface area (Å²) in [7, 11) is 3.14. The van der Waals surface area contributed by atoms with Crippen LogP contribution >= 0.6 is 0 Å². The number of methoxy groups -OCH3 is 2. The Morgan fingerprint density at radius 2 is 1.50 bits per heavy atom. The zero-order valence-corrected chi connectivity index (χ0v) is 24.5. The summed E-state index contributed by atoms with van der Waals surface area (Å²) in [5, 5.41) is 18.5. The first kappa shape index (κ1) is 30.0. The molecule has 2 aromatic heterocycles. The maximum atomic E-state index is 13.2. The van der Waals surface area contributed by atoms with Gasteiger partial charge in [-0.05, 0) is 65.2 Å². The zero-order chi connectivity index (χ0) is 30.7. The van der Waals surface area contributed by atoms with E-state index in [-0.39, 0.29) is 5.91 Å². The number of benzene rings is 3. The van der Waals surface area contributed by atoms with Crippen molar-refractivity contribution in [2.75, 3.05) is 24.9 Å². The lowest BCUT2D eigenvalue weighted by atomic mass is 9.82. The Morgan fingerprint density at radius 1 is 0.795 bits per heavy atom. The second kappa shape index (κ2) is 14.6. The van der Waals surface area contributed by atoms with Crippen molar-refractivity contribution in [1.82, 2.24) is 9.97 Å². The highest BCUT2D eigenvalue weighted by Gasteiger charge is 2.35. The number of ether oxygens (including phenoxy) is 2. The zero-order valence-electron chi connectivity index (χ0n) is 24.5. The molecule has 1 amide bonds. The van der Waals surface area contributed by atoms with Gasteiger partial charge in [-0.25, -0.2) is 4.98 Å². The van der Waals surface area contributed by atoms with Gasteiger partial charge in [0.1, 0.15) is 5.82 Å². The van der Waals surface area contributed by atoms with Crippen LogP contribution in [0.3, 0.4) is 0 Å². The number of nitrogens with one attached hydrogen (secondary N) is 2. The van der Waals surface area contributed by atoms with E-state index in [1.165, 1.54) is 6.08 Å². The first-order chi connectivity index (χ1) is 21.6. The van der Waals surface area contributed by atoms with E-state index >= 15 is 0 Å². The normalized spacial score (nSPS) is 13.1. The van der Waals surface area contributed by atoms with Gasteiger partial charge in [-0.3, -0.25) is 9.78 Å². The molecule has 0 aliphatic carbocycles. The van der Waals surface area contributed by atoms with Crippen LogP contribution in [0.4, 0.5) is 11.5 Å². The Hall–Kier alpha value is -5.47. The first-order valence-corrected chi connectivity index (χ1v) is 14.2. The number of anilines is 2. The summed E-state index contributed by atoms with van der Waals surface area (Å²) < 4.78 is 10.7. The minimum atomic E-state index is -0.930. The number of pyridine rings is 2. The third-order valence-corrected chi connectivity index (χ3v) is 7.23. The predicted molar refractivity (Wildman–Crippen MR) is 173 cm³/mol. The minimum Gasteiger partial charge on any atom is -0.493 e. The van der Waals surface area contributed by atoms with Gasteiger partial charge in [0.05, 0.1) is 32.3 Å². The van der Waals surface area contributed by atoms with E-state index in [1.54, 1.807) is 44.8 Å². The number of carbonyl (C=O) groups is 1. The van der Waals surface area contributed by atoms with Crippen molar-refractivity contribution < 1.29 is 19.4 Å². The lowest BCUT2D eigenvalue weighted by Crippen LogP contribution is -2.27. The summed E-state index contributed by atoms with van der Waals surface area (Å²) in [6.45, 7) is 0. The molecule has 0 fully saturated rings. The van der Waals surface area contributed by atoms with Crippen molar-refractivity contribution in [2.45, 2.75) is 18.1 Å². The van der Waals surface area contributed by atoms with E-state index in [2.05, 4.69) is 20.6 Å². The van der Waals surface area contributed by atoms with Gasteiger partial charge in [0.15, 0.2) is 11.5 Å². The van der Waals surface area contributed by atoms with Crippen molar-refractivity contribution in [2.24, 2.45) is 0 Å². The van der Waals surface area contributed by atoms with Crippen LogP contribution in [0, 0.1) is 0 Å². The molecule has 3 atom stereocenters. The molecule has 3 aromatic carbocycles. The van der Waals surface area contributed by atoms with Crippen molar-refractivity contribution in [1.29, 1.82) is 0 Å². The molecular formula is C36H34N4O4. The van der Waals surface area contributed by atoms with Crippen LogP contribution in [0.2, 0.25) is 0 Å². The van der Waals surface area contributed by atoms with Crippen LogP contribution in [0.25, 0.3) is 6.08 Å². The Morgan fingerprint density at radius 3 is 2.20 bits per heavy atom. The van der Waals surface area contributed by atoms with Crippen LogP contribution in [-0.2, 0) is 4.79 Å². The van der Waals surface area contributed by atoms with Gasteiger partial charge in [0, 0.05) is 29.9 Å². The molecule has 222 valence electrons. The van der Waals surface area contributed by atoms with E-state index in [4.69, 9.17) is 9.47 Å². The van der Waals surface area contributed by atoms with Crippen LogP contribution in [0.15, 0.2) is 128 Å². The Balaban J connectivity index is 1.52. The maximum Gasteiger partial charge on any atom is 0.248 e. The van der Waals surface area contributed by atoms with Gasteiger partial charge in [-0.1, -0.05) is 66.7 Å². The number of amides is 1. The van der Waals surface area contributed by atoms with Gasteiger partial charge in [0.25, 0.3) is 0 Å². The molecule has 0 saturated carbocycles. The molecule has 0 aliphatic heterocycles. The van der Waals surface area contributed by atoms with Gasteiger partial charge >= 0.3 is 0 Å². The summed E-state index contributed by atoms with van der Waals surface area (Å²) >= 11 is 0. The summed E-state index contributed by atoms with van der Waals surface area (Å²) in [5.41, 5.74) is 3.56. The van der Waals surface area contributed by atoms with Crippen LogP contribution in [0.5, 0.6) is 11.5 Å². The molecule has 5 rings (SSSR count). The fourth-order valence-electron chi connectivity index (χ4n) is 5.10. The van der Waals surface area contributed by atoms with E-state index < -0.39 is 18.1 Å². The van der Waals surface area contributed by atoms with E-state index in [1.807, 2.05) is 97.1 Å². The third-order valence-electron chi connectivity index (χ3n) is 7.23. The van der Waals surface area contributed by atoms with Gasteiger partial charge in [-0.2, -0.15) is 0 Å². The van der Waals surface area contributed by atoms with Crippen LogP contribution < -0.4 is 20.1 Å². The topological polar surface area (TPSA) is 106 Å². The highest BCUT2D eigenvalue weighted by atomic mass is 16.5.